The summed E-state index contributed by atoms with van der Waals surface area (Å²) in [5, 5.41) is 1.58. The first-order chi connectivity index (χ1) is 9.01. The number of sulfonamides is 1. The van der Waals surface area contributed by atoms with E-state index in [1.807, 2.05) is 0 Å². The fraction of sp³-hybridized carbons (Fsp3) is 0.100. The lowest BCUT2D eigenvalue weighted by Gasteiger charge is -2.06. The van der Waals surface area contributed by atoms with E-state index in [4.69, 9.17) is 5.84 Å². The molecule has 0 aliphatic rings. The summed E-state index contributed by atoms with van der Waals surface area (Å²) in [5.41, 5.74) is 3.55. The second-order valence-corrected chi connectivity index (χ2v) is 6.28. The SMILES string of the molecule is NNc1ccc(S(=O)(=O)NCc2csc(=O)[nH]2)cc1. The molecular formula is C10H12N4O3S2. The molecule has 0 fully saturated rings. The topological polar surface area (TPSA) is 117 Å². The highest BCUT2D eigenvalue weighted by molar-refractivity contribution is 7.89. The molecule has 0 saturated carbocycles. The minimum Gasteiger partial charge on any atom is -0.324 e. The number of aromatic amines is 1. The van der Waals surface area contributed by atoms with Crippen LogP contribution in [0.4, 0.5) is 5.69 Å². The monoisotopic (exact) mass is 300 g/mol. The highest BCUT2D eigenvalue weighted by Crippen LogP contribution is 2.13. The summed E-state index contributed by atoms with van der Waals surface area (Å²) < 4.78 is 26.3. The third kappa shape index (κ3) is 3.41. The van der Waals surface area contributed by atoms with Crippen LogP contribution in [0.2, 0.25) is 0 Å². The zero-order chi connectivity index (χ0) is 13.9. The van der Waals surface area contributed by atoms with Crippen LogP contribution < -0.4 is 20.9 Å². The van der Waals surface area contributed by atoms with Gasteiger partial charge in [0, 0.05) is 16.8 Å². The molecule has 2 aromatic rings. The first kappa shape index (κ1) is 13.7. The molecule has 0 atom stereocenters. The van der Waals surface area contributed by atoms with Gasteiger partial charge >= 0.3 is 4.87 Å². The minimum atomic E-state index is -3.61. The number of nitrogens with one attached hydrogen (secondary N) is 3. The summed E-state index contributed by atoms with van der Waals surface area (Å²) in [6, 6.07) is 5.99. The number of benzene rings is 1. The van der Waals surface area contributed by atoms with Gasteiger partial charge in [-0.15, -0.1) is 0 Å². The summed E-state index contributed by atoms with van der Waals surface area (Å²) in [4.78, 5) is 13.4. The van der Waals surface area contributed by atoms with Crippen molar-refractivity contribution >= 4 is 27.0 Å². The molecule has 0 bridgehead atoms. The van der Waals surface area contributed by atoms with E-state index in [0.29, 0.717) is 11.4 Å². The van der Waals surface area contributed by atoms with Crippen LogP contribution in [0.25, 0.3) is 0 Å². The molecule has 0 aliphatic carbocycles. The van der Waals surface area contributed by atoms with Gasteiger partial charge in [0.05, 0.1) is 11.4 Å². The quantitative estimate of drug-likeness (QED) is 0.465. The van der Waals surface area contributed by atoms with Crippen LogP contribution >= 0.6 is 11.3 Å². The summed E-state index contributed by atoms with van der Waals surface area (Å²) in [5.74, 6) is 5.20. The van der Waals surface area contributed by atoms with E-state index in [1.54, 1.807) is 17.5 Å². The van der Waals surface area contributed by atoms with Gasteiger partial charge in [-0.25, -0.2) is 13.1 Å². The Hall–Kier alpha value is -1.68. The second-order valence-electron chi connectivity index (χ2n) is 3.67. The maximum absolute atomic E-state index is 12.0. The smallest absolute Gasteiger partial charge is 0.304 e. The Balaban J connectivity index is 2.11. The molecule has 9 heteroatoms. The Kier molecular flexibility index (Phi) is 4.00. The summed E-state index contributed by atoms with van der Waals surface area (Å²) >= 11 is 0.988. The number of H-pyrrole nitrogens is 1. The van der Waals surface area contributed by atoms with Crippen molar-refractivity contribution in [2.24, 2.45) is 5.84 Å². The van der Waals surface area contributed by atoms with Gasteiger partial charge in [-0.05, 0) is 24.3 Å². The zero-order valence-electron chi connectivity index (χ0n) is 9.71. The van der Waals surface area contributed by atoms with Crippen molar-refractivity contribution in [3.05, 3.63) is 45.0 Å². The van der Waals surface area contributed by atoms with Crippen molar-refractivity contribution in [2.75, 3.05) is 5.43 Å². The fourth-order valence-corrected chi connectivity index (χ4v) is 2.98. The molecule has 1 aromatic heterocycles. The van der Waals surface area contributed by atoms with Gasteiger partial charge in [0.25, 0.3) is 0 Å². The first-order valence-corrected chi connectivity index (χ1v) is 7.60. The lowest BCUT2D eigenvalue weighted by Crippen LogP contribution is -2.23. The summed E-state index contributed by atoms with van der Waals surface area (Å²) in [7, 11) is -3.61. The lowest BCUT2D eigenvalue weighted by atomic mass is 10.3. The van der Waals surface area contributed by atoms with Gasteiger partial charge < -0.3 is 10.4 Å². The van der Waals surface area contributed by atoms with E-state index < -0.39 is 10.0 Å². The predicted octanol–water partition coefficient (Wildman–Crippen LogP) is 0.201. The van der Waals surface area contributed by atoms with Crippen molar-refractivity contribution in [1.82, 2.24) is 9.71 Å². The Morgan fingerprint density at radius 2 is 1.95 bits per heavy atom. The average molecular weight is 300 g/mol. The number of anilines is 1. The molecule has 1 aromatic carbocycles. The number of aromatic nitrogens is 1. The number of hydrazine groups is 1. The van der Waals surface area contributed by atoms with Gasteiger partial charge in [0.15, 0.2) is 0 Å². The van der Waals surface area contributed by atoms with Crippen molar-refractivity contribution in [3.63, 3.8) is 0 Å². The molecule has 0 amide bonds. The molecule has 0 radical (unpaired) electrons. The van der Waals surface area contributed by atoms with Crippen LogP contribution in [-0.2, 0) is 16.6 Å². The van der Waals surface area contributed by atoms with Crippen molar-refractivity contribution in [3.8, 4) is 0 Å². The van der Waals surface area contributed by atoms with Crippen LogP contribution in [0, 0.1) is 0 Å². The van der Waals surface area contributed by atoms with E-state index in [9.17, 15) is 13.2 Å². The van der Waals surface area contributed by atoms with Crippen molar-refractivity contribution in [1.29, 1.82) is 0 Å². The maximum atomic E-state index is 12.0. The molecule has 0 unspecified atom stereocenters. The molecule has 0 aliphatic heterocycles. The first-order valence-electron chi connectivity index (χ1n) is 5.24. The van der Waals surface area contributed by atoms with Crippen molar-refractivity contribution in [2.45, 2.75) is 11.4 Å². The van der Waals surface area contributed by atoms with Gasteiger partial charge in [-0.2, -0.15) is 0 Å². The molecule has 102 valence electrons. The zero-order valence-corrected chi connectivity index (χ0v) is 11.3. The number of hydrogen-bond acceptors (Lipinski definition) is 6. The molecule has 1 heterocycles. The molecule has 7 nitrogen and oxygen atoms in total. The van der Waals surface area contributed by atoms with E-state index in [-0.39, 0.29) is 16.3 Å². The van der Waals surface area contributed by atoms with Gasteiger partial charge in [0.1, 0.15) is 0 Å². The predicted molar refractivity (Wildman–Crippen MR) is 73.2 cm³/mol. The van der Waals surface area contributed by atoms with Crippen LogP contribution in [0.15, 0.2) is 39.3 Å². The van der Waals surface area contributed by atoms with E-state index in [1.165, 1.54) is 12.1 Å². The average Bonchev–Trinajstić information content (AvgIpc) is 2.82. The normalized spacial score (nSPS) is 11.4. The number of nitrogen functional groups attached to an aromatic ring is 1. The number of thiazole rings is 1. The van der Waals surface area contributed by atoms with Gasteiger partial charge in [-0.3, -0.25) is 10.6 Å². The molecule has 2 rings (SSSR count). The minimum absolute atomic E-state index is 0.0396. The van der Waals surface area contributed by atoms with Crippen LogP contribution in [0.5, 0.6) is 0 Å². The van der Waals surface area contributed by atoms with Crippen molar-refractivity contribution < 1.29 is 8.42 Å². The van der Waals surface area contributed by atoms with Gasteiger partial charge in [-0.1, -0.05) is 11.3 Å². The summed E-state index contributed by atoms with van der Waals surface area (Å²) in [6.07, 6.45) is 0. The Morgan fingerprint density at radius 3 is 2.47 bits per heavy atom. The third-order valence-electron chi connectivity index (χ3n) is 2.35. The largest absolute Gasteiger partial charge is 0.324 e. The molecule has 19 heavy (non-hydrogen) atoms. The number of nitrogens with two attached hydrogens (primary N) is 1. The molecular weight excluding hydrogens is 288 g/mol. The van der Waals surface area contributed by atoms with Gasteiger partial charge in [0.2, 0.25) is 10.0 Å². The van der Waals surface area contributed by atoms with Crippen LogP contribution in [0.1, 0.15) is 5.69 Å². The summed E-state index contributed by atoms with van der Waals surface area (Å²) in [6.45, 7) is 0.0396. The molecule has 0 saturated heterocycles. The highest BCUT2D eigenvalue weighted by atomic mass is 32.2. The molecule has 5 N–H and O–H groups in total. The van der Waals surface area contributed by atoms with E-state index in [2.05, 4.69) is 15.1 Å². The Labute approximate surface area is 113 Å². The Morgan fingerprint density at radius 1 is 1.26 bits per heavy atom. The van der Waals surface area contributed by atoms with Crippen LogP contribution in [0.3, 0.4) is 0 Å². The molecule has 0 spiro atoms. The third-order valence-corrected chi connectivity index (χ3v) is 4.49. The van der Waals surface area contributed by atoms with Crippen LogP contribution in [-0.4, -0.2) is 13.4 Å². The highest BCUT2D eigenvalue weighted by Gasteiger charge is 2.13. The Bertz CT molecular complexity index is 703. The second kappa shape index (κ2) is 5.53. The van der Waals surface area contributed by atoms with E-state index in [0.717, 1.165) is 11.3 Å². The number of rotatable bonds is 5. The number of hydrogen-bond donors (Lipinski definition) is 4. The maximum Gasteiger partial charge on any atom is 0.304 e. The lowest BCUT2D eigenvalue weighted by molar-refractivity contribution is 0.580. The standard InChI is InChI=1S/C10H12N4O3S2/c11-14-7-1-3-9(4-2-7)19(16,17)12-5-8-6-18-10(15)13-8/h1-4,6,12,14H,5,11H2,(H,13,15). The van der Waals surface area contributed by atoms with E-state index >= 15 is 0 Å². The fourth-order valence-electron chi connectivity index (χ4n) is 1.39.